The van der Waals surface area contributed by atoms with Gasteiger partial charge in [0.25, 0.3) is 0 Å². The van der Waals surface area contributed by atoms with E-state index < -0.39 is 7.60 Å². The lowest BCUT2D eigenvalue weighted by atomic mass is 9.83. The largest absolute Gasteiger partial charge is 0.371 e. The monoisotopic (exact) mass is 304 g/mol. The highest BCUT2D eigenvalue weighted by Crippen LogP contribution is 2.55. The number of hydrogen-bond donors (Lipinski definition) is 1. The second-order valence-electron chi connectivity index (χ2n) is 5.68. The number of ether oxygens (including phenoxy) is 1. The first kappa shape index (κ1) is 17.9. The zero-order chi connectivity index (χ0) is 15.3. The van der Waals surface area contributed by atoms with Gasteiger partial charge in [-0.3, -0.25) is 4.57 Å². The van der Waals surface area contributed by atoms with Gasteiger partial charge in [-0.15, -0.1) is 0 Å². The van der Waals surface area contributed by atoms with Gasteiger partial charge in [0.05, 0.1) is 18.8 Å². The van der Waals surface area contributed by atoms with Crippen LogP contribution in [0.3, 0.4) is 0 Å². The Bertz CT molecular complexity index is 376. The molecular weight excluding hydrogens is 275 g/mol. The first-order valence-corrected chi connectivity index (χ1v) is 9.27. The first-order chi connectivity index (χ1) is 9.35. The Hall–Kier alpha value is -0.150. The summed E-state index contributed by atoms with van der Waals surface area (Å²) < 4.78 is 23.4. The fourth-order valence-electron chi connectivity index (χ4n) is 2.58. The van der Waals surface area contributed by atoms with Crippen molar-refractivity contribution in [3.63, 3.8) is 0 Å². The van der Waals surface area contributed by atoms with Crippen molar-refractivity contribution in [2.45, 2.75) is 66.1 Å². The fourth-order valence-corrected chi connectivity index (χ4v) is 3.95. The molecule has 0 saturated heterocycles. The molecule has 0 spiro atoms. The molecule has 0 amide bonds. The minimum atomic E-state index is -3.65. The van der Waals surface area contributed by atoms with E-state index in [2.05, 4.69) is 27.7 Å². The van der Waals surface area contributed by atoms with Gasteiger partial charge in [-0.1, -0.05) is 27.7 Å². The Balaban J connectivity index is 2.94. The van der Waals surface area contributed by atoms with Crippen molar-refractivity contribution in [3.8, 4) is 0 Å². The Kier molecular flexibility index (Phi) is 6.93. The molecule has 0 aromatic heterocycles. The molecule has 1 aliphatic carbocycles. The van der Waals surface area contributed by atoms with Crippen molar-refractivity contribution in [2.24, 2.45) is 11.8 Å². The highest BCUT2D eigenvalue weighted by Gasteiger charge is 2.36. The Morgan fingerprint density at radius 2 is 1.95 bits per heavy atom. The molecule has 0 aliphatic heterocycles. The van der Waals surface area contributed by atoms with Crippen LogP contribution in [0.4, 0.5) is 0 Å². The summed E-state index contributed by atoms with van der Waals surface area (Å²) in [7, 11) is -3.65. The molecule has 0 saturated carbocycles. The fraction of sp³-hybridized carbons (Fsp3) is 0.867. The summed E-state index contributed by atoms with van der Waals surface area (Å²) in [5.74, 6) is 0.663. The van der Waals surface area contributed by atoms with Gasteiger partial charge < -0.3 is 14.2 Å². The van der Waals surface area contributed by atoms with E-state index in [1.165, 1.54) is 0 Å². The Morgan fingerprint density at radius 1 is 1.35 bits per heavy atom. The molecule has 5 heteroatoms. The highest BCUT2D eigenvalue weighted by atomic mass is 31.2. The van der Waals surface area contributed by atoms with Crippen LogP contribution in [0.1, 0.15) is 53.9 Å². The van der Waals surface area contributed by atoms with Gasteiger partial charge in [0.1, 0.15) is 0 Å². The van der Waals surface area contributed by atoms with E-state index in [1.54, 1.807) is 6.92 Å². The number of allylic oxidation sites excluding steroid dienone is 1. The van der Waals surface area contributed by atoms with Crippen LogP contribution in [0, 0.1) is 11.8 Å². The predicted octanol–water partition coefficient (Wildman–Crippen LogP) is 4.34. The average Bonchev–Trinajstić information content (AvgIpc) is 2.40. The highest BCUT2D eigenvalue weighted by molar-refractivity contribution is 7.57. The quantitative estimate of drug-likeness (QED) is 0.711. The van der Waals surface area contributed by atoms with Crippen molar-refractivity contribution in [1.29, 1.82) is 0 Å². The molecule has 118 valence electrons. The molecule has 1 aliphatic rings. The summed E-state index contributed by atoms with van der Waals surface area (Å²) in [6, 6.07) is 0. The van der Waals surface area contributed by atoms with Gasteiger partial charge in [-0.25, -0.2) is 0 Å². The number of hydrogen-bond acceptors (Lipinski definition) is 3. The lowest BCUT2D eigenvalue weighted by Crippen LogP contribution is -2.33. The molecule has 0 bridgehead atoms. The Morgan fingerprint density at radius 3 is 2.45 bits per heavy atom. The molecular formula is C15H29O4P. The lowest BCUT2D eigenvalue weighted by Gasteiger charge is -2.35. The zero-order valence-corrected chi connectivity index (χ0v) is 14.2. The normalized spacial score (nSPS) is 30.1. The predicted molar refractivity (Wildman–Crippen MR) is 81.7 cm³/mol. The van der Waals surface area contributed by atoms with Crippen molar-refractivity contribution < 1.29 is 18.7 Å². The van der Waals surface area contributed by atoms with Gasteiger partial charge in [0, 0.05) is 5.31 Å². The van der Waals surface area contributed by atoms with Gasteiger partial charge in [0.15, 0.2) is 0 Å². The van der Waals surface area contributed by atoms with Crippen molar-refractivity contribution in [1.82, 2.24) is 0 Å². The molecule has 0 heterocycles. The van der Waals surface area contributed by atoms with Gasteiger partial charge in [-0.2, -0.15) is 0 Å². The van der Waals surface area contributed by atoms with Crippen LogP contribution in [-0.4, -0.2) is 23.7 Å². The Labute approximate surface area is 123 Å². The standard InChI is InChI=1S/C15H29O4P/c1-6-13(7-2)19-15-10-14(9-11(4)12(15)5)20(16,17)18-8-3/h10-13,15H,6-9H2,1-5H3,(H,16,17)/t11-,12+,15+/m0/s1. The SMILES string of the molecule is CCOP(=O)(O)C1=C[C@@H](OC(CC)CC)[C@H](C)[C@@H](C)C1. The summed E-state index contributed by atoms with van der Waals surface area (Å²) in [5, 5.41) is 0.515. The van der Waals surface area contributed by atoms with E-state index >= 15 is 0 Å². The summed E-state index contributed by atoms with van der Waals surface area (Å²) in [6.07, 6.45) is 4.46. The number of rotatable bonds is 7. The third-order valence-corrected chi connectivity index (χ3v) is 5.90. The maximum Gasteiger partial charge on any atom is 0.354 e. The van der Waals surface area contributed by atoms with Crippen LogP contribution in [0.25, 0.3) is 0 Å². The third kappa shape index (κ3) is 4.42. The molecule has 1 rings (SSSR count). The summed E-state index contributed by atoms with van der Waals surface area (Å²) in [5.41, 5.74) is 0. The maximum absolute atomic E-state index is 12.2. The van der Waals surface area contributed by atoms with E-state index in [4.69, 9.17) is 9.26 Å². The first-order valence-electron chi connectivity index (χ1n) is 7.69. The molecule has 1 unspecified atom stereocenters. The summed E-state index contributed by atoms with van der Waals surface area (Å²) in [6.45, 7) is 10.4. The molecule has 4 atom stereocenters. The molecule has 0 radical (unpaired) electrons. The van der Waals surface area contributed by atoms with E-state index in [9.17, 15) is 9.46 Å². The average molecular weight is 304 g/mol. The second-order valence-corrected chi connectivity index (χ2v) is 7.55. The minimum Gasteiger partial charge on any atom is -0.371 e. The second kappa shape index (κ2) is 7.74. The lowest BCUT2D eigenvalue weighted by molar-refractivity contribution is -0.0311. The summed E-state index contributed by atoms with van der Waals surface area (Å²) in [4.78, 5) is 10.0. The molecule has 1 N–H and O–H groups in total. The van der Waals surface area contributed by atoms with Gasteiger partial charge >= 0.3 is 7.60 Å². The van der Waals surface area contributed by atoms with Crippen molar-refractivity contribution in [2.75, 3.05) is 6.61 Å². The topological polar surface area (TPSA) is 55.8 Å². The third-order valence-electron chi connectivity index (χ3n) is 4.23. The van der Waals surface area contributed by atoms with Gasteiger partial charge in [-0.05, 0) is 44.1 Å². The molecule has 0 fully saturated rings. The van der Waals surface area contributed by atoms with Crippen LogP contribution >= 0.6 is 7.60 Å². The van der Waals surface area contributed by atoms with E-state index in [-0.39, 0.29) is 18.8 Å². The van der Waals surface area contributed by atoms with Crippen molar-refractivity contribution >= 4 is 7.60 Å². The van der Waals surface area contributed by atoms with Crippen LogP contribution in [0.15, 0.2) is 11.4 Å². The smallest absolute Gasteiger partial charge is 0.354 e. The molecule has 0 aromatic rings. The minimum absolute atomic E-state index is 0.0976. The van der Waals surface area contributed by atoms with E-state index in [1.807, 2.05) is 6.08 Å². The summed E-state index contributed by atoms with van der Waals surface area (Å²) >= 11 is 0. The zero-order valence-electron chi connectivity index (χ0n) is 13.3. The van der Waals surface area contributed by atoms with Crippen LogP contribution in [0.5, 0.6) is 0 Å². The van der Waals surface area contributed by atoms with Crippen molar-refractivity contribution in [3.05, 3.63) is 11.4 Å². The van der Waals surface area contributed by atoms with Crippen LogP contribution in [-0.2, 0) is 13.8 Å². The molecule has 20 heavy (non-hydrogen) atoms. The molecule has 0 aromatic carbocycles. The van der Waals surface area contributed by atoms with Gasteiger partial charge in [0.2, 0.25) is 0 Å². The van der Waals surface area contributed by atoms with E-state index in [0.29, 0.717) is 23.6 Å². The maximum atomic E-state index is 12.2. The van der Waals surface area contributed by atoms with E-state index in [0.717, 1.165) is 12.8 Å². The van der Waals surface area contributed by atoms with Crippen LogP contribution < -0.4 is 0 Å². The van der Waals surface area contributed by atoms with Crippen LogP contribution in [0.2, 0.25) is 0 Å². The molecule has 4 nitrogen and oxygen atoms in total.